The molecule has 28 heavy (non-hydrogen) atoms. The van der Waals surface area contributed by atoms with Crippen molar-refractivity contribution in [2.24, 2.45) is 0 Å². The van der Waals surface area contributed by atoms with Gasteiger partial charge in [-0.2, -0.15) is 18.3 Å². The maximum atomic E-state index is 12.7. The Labute approximate surface area is 158 Å². The third-order valence-electron chi connectivity index (χ3n) is 4.70. The molecule has 1 aliphatic rings. The SMILES string of the molecule is O=CC1NCc2cc(OCc3c[nH]nc3-c3ccc(C(F)(F)F)cc3)ccc21. The molecule has 0 spiro atoms. The molecule has 0 fully saturated rings. The first-order valence-corrected chi connectivity index (χ1v) is 8.60. The van der Waals surface area contributed by atoms with Crippen molar-refractivity contribution in [3.05, 3.63) is 70.9 Å². The Morgan fingerprint density at radius 1 is 1.18 bits per heavy atom. The fraction of sp³-hybridized carbons (Fsp3) is 0.200. The van der Waals surface area contributed by atoms with E-state index in [1.807, 2.05) is 12.1 Å². The van der Waals surface area contributed by atoms with Crippen molar-refractivity contribution in [3.8, 4) is 17.0 Å². The molecule has 0 saturated carbocycles. The molecule has 8 heteroatoms. The van der Waals surface area contributed by atoms with Crippen molar-refractivity contribution in [2.45, 2.75) is 25.4 Å². The summed E-state index contributed by atoms with van der Waals surface area (Å²) in [5.41, 5.74) is 3.08. The van der Waals surface area contributed by atoms with Gasteiger partial charge in [-0.05, 0) is 35.4 Å². The summed E-state index contributed by atoms with van der Waals surface area (Å²) in [5, 5.41) is 9.96. The molecule has 2 N–H and O–H groups in total. The number of hydrogen-bond acceptors (Lipinski definition) is 4. The number of aromatic nitrogens is 2. The van der Waals surface area contributed by atoms with Crippen LogP contribution in [0.5, 0.6) is 5.75 Å². The molecule has 0 bridgehead atoms. The van der Waals surface area contributed by atoms with Crippen LogP contribution in [0, 0.1) is 0 Å². The monoisotopic (exact) mass is 387 g/mol. The number of benzene rings is 2. The minimum absolute atomic E-state index is 0.205. The summed E-state index contributed by atoms with van der Waals surface area (Å²) in [6.45, 7) is 0.800. The van der Waals surface area contributed by atoms with Gasteiger partial charge in [0.05, 0.1) is 17.3 Å². The number of carbonyl (C=O) groups is 1. The highest BCUT2D eigenvalue weighted by Gasteiger charge is 2.30. The highest BCUT2D eigenvalue weighted by Crippen LogP contribution is 2.32. The van der Waals surface area contributed by atoms with Gasteiger partial charge in [0.25, 0.3) is 0 Å². The zero-order chi connectivity index (χ0) is 19.7. The van der Waals surface area contributed by atoms with Crippen LogP contribution in [-0.2, 0) is 24.1 Å². The van der Waals surface area contributed by atoms with E-state index in [0.717, 1.165) is 35.1 Å². The molecule has 1 atom stereocenters. The Morgan fingerprint density at radius 2 is 1.96 bits per heavy atom. The first-order chi connectivity index (χ1) is 13.5. The van der Waals surface area contributed by atoms with E-state index in [0.29, 0.717) is 23.6 Å². The van der Waals surface area contributed by atoms with E-state index in [1.165, 1.54) is 12.1 Å². The van der Waals surface area contributed by atoms with Crippen LogP contribution >= 0.6 is 0 Å². The van der Waals surface area contributed by atoms with Crippen LogP contribution in [0.2, 0.25) is 0 Å². The highest BCUT2D eigenvalue weighted by atomic mass is 19.4. The second-order valence-corrected chi connectivity index (χ2v) is 6.48. The van der Waals surface area contributed by atoms with Gasteiger partial charge in [-0.3, -0.25) is 10.4 Å². The number of carbonyl (C=O) groups excluding carboxylic acids is 1. The average molecular weight is 387 g/mol. The number of rotatable bonds is 5. The first-order valence-electron chi connectivity index (χ1n) is 8.60. The molecule has 1 aromatic heterocycles. The smallest absolute Gasteiger partial charge is 0.416 e. The number of hydrogen-bond donors (Lipinski definition) is 2. The van der Waals surface area contributed by atoms with Crippen molar-refractivity contribution in [1.82, 2.24) is 15.5 Å². The lowest BCUT2D eigenvalue weighted by Crippen LogP contribution is -2.12. The number of fused-ring (bicyclic) bond motifs is 1. The van der Waals surface area contributed by atoms with Gasteiger partial charge >= 0.3 is 6.18 Å². The molecule has 2 aromatic carbocycles. The lowest BCUT2D eigenvalue weighted by molar-refractivity contribution is -0.137. The van der Waals surface area contributed by atoms with Crippen LogP contribution in [0.25, 0.3) is 11.3 Å². The highest BCUT2D eigenvalue weighted by molar-refractivity contribution is 5.65. The van der Waals surface area contributed by atoms with Gasteiger partial charge in [-0.1, -0.05) is 18.2 Å². The molecule has 0 aliphatic carbocycles. The summed E-state index contributed by atoms with van der Waals surface area (Å²) in [7, 11) is 0. The normalized spacial score (nSPS) is 16.0. The lowest BCUT2D eigenvalue weighted by atomic mass is 10.1. The third kappa shape index (κ3) is 3.50. The quantitative estimate of drug-likeness (QED) is 0.649. The molecular formula is C20H16F3N3O2. The van der Waals surface area contributed by atoms with Crippen LogP contribution in [0.1, 0.15) is 28.3 Å². The number of nitrogens with one attached hydrogen (secondary N) is 2. The second-order valence-electron chi connectivity index (χ2n) is 6.48. The number of ether oxygens (including phenoxy) is 1. The fourth-order valence-electron chi connectivity index (χ4n) is 3.23. The summed E-state index contributed by atoms with van der Waals surface area (Å²) in [5.74, 6) is 0.645. The summed E-state index contributed by atoms with van der Waals surface area (Å²) >= 11 is 0. The Morgan fingerprint density at radius 3 is 2.68 bits per heavy atom. The Hall–Kier alpha value is -3.13. The van der Waals surface area contributed by atoms with Crippen LogP contribution in [0.3, 0.4) is 0 Å². The van der Waals surface area contributed by atoms with E-state index in [4.69, 9.17) is 4.74 Å². The molecule has 4 rings (SSSR count). The minimum atomic E-state index is -4.37. The molecule has 1 aliphatic heterocycles. The van der Waals surface area contributed by atoms with Gasteiger partial charge in [0.1, 0.15) is 18.6 Å². The van der Waals surface area contributed by atoms with Crippen molar-refractivity contribution < 1.29 is 22.7 Å². The van der Waals surface area contributed by atoms with Gasteiger partial charge in [-0.25, -0.2) is 0 Å². The molecule has 2 heterocycles. The largest absolute Gasteiger partial charge is 0.489 e. The standard InChI is InChI=1S/C20H16F3N3O2/c21-20(22,23)15-3-1-12(2-4-15)19-14(9-25-26-19)11-28-16-5-6-17-13(7-16)8-24-18(17)10-27/h1-7,9-10,18,24H,8,11H2,(H,25,26). The molecule has 5 nitrogen and oxygen atoms in total. The first kappa shape index (κ1) is 18.2. The van der Waals surface area contributed by atoms with E-state index in [9.17, 15) is 18.0 Å². The van der Waals surface area contributed by atoms with Gasteiger partial charge in [0.15, 0.2) is 0 Å². The van der Waals surface area contributed by atoms with Crippen molar-refractivity contribution >= 4 is 6.29 Å². The predicted octanol–water partition coefficient (Wildman–Crippen LogP) is 4.02. The molecule has 3 aromatic rings. The lowest BCUT2D eigenvalue weighted by Gasteiger charge is -2.10. The fourth-order valence-corrected chi connectivity index (χ4v) is 3.23. The van der Waals surface area contributed by atoms with Gasteiger partial charge < -0.3 is 9.53 Å². The molecular weight excluding hydrogens is 371 g/mol. The summed E-state index contributed by atoms with van der Waals surface area (Å²) in [4.78, 5) is 11.0. The maximum absolute atomic E-state index is 12.7. The number of aldehydes is 1. The van der Waals surface area contributed by atoms with Crippen LogP contribution < -0.4 is 10.1 Å². The van der Waals surface area contributed by atoms with E-state index >= 15 is 0 Å². The Bertz CT molecular complexity index is 997. The minimum Gasteiger partial charge on any atom is -0.489 e. The Kier molecular flexibility index (Phi) is 4.64. The number of halogens is 3. The van der Waals surface area contributed by atoms with Crippen LogP contribution in [0.15, 0.2) is 48.7 Å². The summed E-state index contributed by atoms with van der Waals surface area (Å²) in [6, 6.07) is 10.1. The number of nitrogens with zero attached hydrogens (tertiary/aromatic N) is 1. The van der Waals surface area contributed by atoms with Gasteiger partial charge in [0, 0.05) is 23.9 Å². The predicted molar refractivity (Wildman–Crippen MR) is 95.4 cm³/mol. The summed E-state index contributed by atoms with van der Waals surface area (Å²) in [6.07, 6.45) is -1.85. The second kappa shape index (κ2) is 7.12. The topological polar surface area (TPSA) is 67.0 Å². The zero-order valence-electron chi connectivity index (χ0n) is 14.6. The number of alkyl halides is 3. The van der Waals surface area contributed by atoms with Crippen molar-refractivity contribution in [2.75, 3.05) is 0 Å². The summed E-state index contributed by atoms with van der Waals surface area (Å²) < 4.78 is 44.0. The third-order valence-corrected chi connectivity index (χ3v) is 4.70. The van der Waals surface area contributed by atoms with E-state index in [2.05, 4.69) is 15.5 Å². The zero-order valence-corrected chi connectivity index (χ0v) is 14.6. The molecule has 0 amide bonds. The van der Waals surface area contributed by atoms with Crippen molar-refractivity contribution in [3.63, 3.8) is 0 Å². The van der Waals surface area contributed by atoms with Crippen molar-refractivity contribution in [1.29, 1.82) is 0 Å². The molecule has 144 valence electrons. The number of H-pyrrole nitrogens is 1. The maximum Gasteiger partial charge on any atom is 0.416 e. The van der Waals surface area contributed by atoms with Crippen LogP contribution in [0.4, 0.5) is 13.2 Å². The Balaban J connectivity index is 1.49. The molecule has 0 saturated heterocycles. The average Bonchev–Trinajstić information content (AvgIpc) is 3.32. The molecule has 1 unspecified atom stereocenters. The van der Waals surface area contributed by atoms with Gasteiger partial charge in [-0.15, -0.1) is 0 Å². The van der Waals surface area contributed by atoms with E-state index in [-0.39, 0.29) is 12.6 Å². The van der Waals surface area contributed by atoms with Gasteiger partial charge in [0.2, 0.25) is 0 Å². The van der Waals surface area contributed by atoms with E-state index in [1.54, 1.807) is 12.3 Å². The number of aromatic amines is 1. The van der Waals surface area contributed by atoms with E-state index < -0.39 is 11.7 Å². The van der Waals surface area contributed by atoms with Crippen LogP contribution in [-0.4, -0.2) is 16.5 Å². The molecule has 0 radical (unpaired) electrons.